The molecule has 2 atom stereocenters. The Kier molecular flexibility index (Phi) is 3.85. The summed E-state index contributed by atoms with van der Waals surface area (Å²) in [5.74, 6) is -0.239. The number of pyridine rings is 1. The van der Waals surface area contributed by atoms with E-state index >= 15 is 0 Å². The van der Waals surface area contributed by atoms with E-state index in [1.807, 2.05) is 0 Å². The van der Waals surface area contributed by atoms with Crippen molar-refractivity contribution >= 4 is 15.2 Å². The number of hydrogen-bond acceptors (Lipinski definition) is 5. The highest BCUT2D eigenvalue weighted by Crippen LogP contribution is 2.59. The SMILES string of the molecule is NC(P(=O)(O)O)P(=O)(O)Oc1ccccn1. The molecule has 0 aromatic carbocycles. The Balaban J connectivity index is 2.89. The van der Waals surface area contributed by atoms with Crippen molar-refractivity contribution in [3.05, 3.63) is 24.4 Å². The van der Waals surface area contributed by atoms with Crippen molar-refractivity contribution in [3.63, 3.8) is 0 Å². The van der Waals surface area contributed by atoms with Crippen molar-refractivity contribution in [1.29, 1.82) is 0 Å². The number of nitrogens with zero attached hydrogens (tertiary/aromatic N) is 1. The van der Waals surface area contributed by atoms with Crippen LogP contribution in [0.1, 0.15) is 0 Å². The molecule has 8 nitrogen and oxygen atoms in total. The lowest BCUT2D eigenvalue weighted by atomic mass is 10.5. The Bertz CT molecular complexity index is 446. The van der Waals surface area contributed by atoms with Crippen LogP contribution >= 0.6 is 15.2 Å². The summed E-state index contributed by atoms with van der Waals surface area (Å²) in [4.78, 5) is 30.1. The lowest BCUT2D eigenvalue weighted by molar-refractivity contribution is 0.341. The second-order valence-corrected chi connectivity index (χ2v) is 6.84. The summed E-state index contributed by atoms with van der Waals surface area (Å²) >= 11 is 0. The molecule has 16 heavy (non-hydrogen) atoms. The molecule has 0 radical (unpaired) electrons. The summed E-state index contributed by atoms with van der Waals surface area (Å²) in [7, 11) is -9.58. The highest BCUT2D eigenvalue weighted by Gasteiger charge is 2.44. The van der Waals surface area contributed by atoms with Crippen LogP contribution in [0.25, 0.3) is 0 Å². The summed E-state index contributed by atoms with van der Waals surface area (Å²) in [5, 5.41) is 0. The Hall–Kier alpha value is -0.750. The minimum Gasteiger partial charge on any atom is -0.405 e. The first-order valence-electron chi connectivity index (χ1n) is 3.97. The van der Waals surface area contributed by atoms with Gasteiger partial charge in [-0.1, -0.05) is 6.07 Å². The van der Waals surface area contributed by atoms with Gasteiger partial charge in [-0.25, -0.2) is 9.55 Å². The van der Waals surface area contributed by atoms with E-state index in [9.17, 15) is 14.0 Å². The molecule has 0 spiro atoms. The summed E-state index contributed by atoms with van der Waals surface area (Å²) in [6.45, 7) is 0. The van der Waals surface area contributed by atoms with E-state index in [2.05, 4.69) is 9.51 Å². The minimum atomic E-state index is -4.90. The highest BCUT2D eigenvalue weighted by atomic mass is 31.2. The van der Waals surface area contributed by atoms with Crippen LogP contribution in [-0.2, 0) is 9.13 Å². The van der Waals surface area contributed by atoms with Crippen molar-refractivity contribution in [2.75, 3.05) is 0 Å². The molecule has 2 unspecified atom stereocenters. The highest BCUT2D eigenvalue weighted by molar-refractivity contribution is 7.71. The zero-order valence-electron chi connectivity index (χ0n) is 7.87. The average Bonchev–Trinajstić information content (AvgIpc) is 2.16. The summed E-state index contributed by atoms with van der Waals surface area (Å²) in [6.07, 6.45) is 1.29. The minimum absolute atomic E-state index is 0.239. The third-order valence-electron chi connectivity index (χ3n) is 1.54. The van der Waals surface area contributed by atoms with Crippen molar-refractivity contribution in [3.8, 4) is 5.88 Å². The molecule has 1 heterocycles. The smallest absolute Gasteiger partial charge is 0.405 e. The zero-order chi connectivity index (χ0) is 12.4. The maximum atomic E-state index is 11.4. The van der Waals surface area contributed by atoms with Crippen molar-refractivity contribution in [2.45, 2.75) is 5.52 Å². The number of hydrogen-bond donors (Lipinski definition) is 4. The normalized spacial score (nSPS) is 17.5. The molecule has 0 bridgehead atoms. The predicted octanol–water partition coefficient (Wildman–Crippen LogP) is 0.0658. The first-order valence-corrected chi connectivity index (χ1v) is 7.30. The topological polar surface area (TPSA) is 143 Å². The molecule has 0 saturated heterocycles. The zero-order valence-corrected chi connectivity index (χ0v) is 9.66. The number of aromatic nitrogens is 1. The molecule has 1 aromatic rings. The predicted molar refractivity (Wildman–Crippen MR) is 54.7 cm³/mol. The molecule has 10 heteroatoms. The summed E-state index contributed by atoms with van der Waals surface area (Å²) in [5.41, 5.74) is 2.66. The van der Waals surface area contributed by atoms with Gasteiger partial charge in [-0.2, -0.15) is 0 Å². The van der Waals surface area contributed by atoms with E-state index in [1.54, 1.807) is 0 Å². The molecule has 0 saturated carbocycles. The molecule has 0 aliphatic carbocycles. The Morgan fingerprint density at radius 3 is 2.38 bits per heavy atom. The van der Waals surface area contributed by atoms with Crippen LogP contribution in [0.15, 0.2) is 24.4 Å². The monoisotopic (exact) mass is 268 g/mol. The third-order valence-corrected chi connectivity index (χ3v) is 5.13. The van der Waals surface area contributed by atoms with Crippen LogP contribution < -0.4 is 10.3 Å². The van der Waals surface area contributed by atoms with Gasteiger partial charge in [-0.3, -0.25) is 4.57 Å². The Morgan fingerprint density at radius 2 is 1.94 bits per heavy atom. The molecule has 0 amide bonds. The van der Waals surface area contributed by atoms with Gasteiger partial charge in [0.15, 0.2) is 0 Å². The van der Waals surface area contributed by atoms with Crippen LogP contribution in [0.2, 0.25) is 0 Å². The molecule has 1 aromatic heterocycles. The first-order chi connectivity index (χ1) is 7.23. The Labute approximate surface area is 90.8 Å². The van der Waals surface area contributed by atoms with Gasteiger partial charge in [0.05, 0.1) is 0 Å². The average molecular weight is 268 g/mol. The molecule has 5 N–H and O–H groups in total. The van der Waals surface area contributed by atoms with Gasteiger partial charge in [0.2, 0.25) is 11.4 Å². The molecule has 1 rings (SSSR count). The van der Waals surface area contributed by atoms with Gasteiger partial charge >= 0.3 is 15.2 Å². The molecular formula is C6H10N2O6P2. The van der Waals surface area contributed by atoms with Gasteiger partial charge < -0.3 is 24.9 Å². The van der Waals surface area contributed by atoms with Gasteiger partial charge in [-0.05, 0) is 6.07 Å². The standard InChI is InChI=1S/C6H10N2O6P2/c7-6(15(9,10)11)16(12,13)14-5-3-1-2-4-8-5/h1-4,6H,7H2,(H,12,13)(H2,9,10,11). The van der Waals surface area contributed by atoms with Gasteiger partial charge in [0.1, 0.15) is 0 Å². The van der Waals surface area contributed by atoms with E-state index < -0.39 is 20.7 Å². The van der Waals surface area contributed by atoms with E-state index in [4.69, 9.17) is 15.5 Å². The Morgan fingerprint density at radius 1 is 1.31 bits per heavy atom. The maximum Gasteiger partial charge on any atom is 0.406 e. The van der Waals surface area contributed by atoms with Crippen LogP contribution in [0.5, 0.6) is 5.88 Å². The fraction of sp³-hybridized carbons (Fsp3) is 0.167. The second kappa shape index (κ2) is 4.63. The quantitative estimate of drug-likeness (QED) is 0.561. The summed E-state index contributed by atoms with van der Waals surface area (Å²) in [6, 6.07) is 4.28. The number of rotatable bonds is 4. The number of nitrogens with two attached hydrogens (primary N) is 1. The molecular weight excluding hydrogens is 258 g/mol. The maximum absolute atomic E-state index is 11.4. The molecule has 90 valence electrons. The molecule has 0 aliphatic heterocycles. The fourth-order valence-electron chi connectivity index (χ4n) is 0.779. The van der Waals surface area contributed by atoms with E-state index in [-0.39, 0.29) is 5.88 Å². The van der Waals surface area contributed by atoms with Gasteiger partial charge in [-0.15, -0.1) is 0 Å². The largest absolute Gasteiger partial charge is 0.406 e. The van der Waals surface area contributed by atoms with Crippen LogP contribution in [0.3, 0.4) is 0 Å². The second-order valence-electron chi connectivity index (χ2n) is 2.83. The van der Waals surface area contributed by atoms with E-state index in [0.29, 0.717) is 0 Å². The van der Waals surface area contributed by atoms with Crippen LogP contribution in [0.4, 0.5) is 0 Å². The van der Waals surface area contributed by atoms with Gasteiger partial charge in [0.25, 0.3) is 0 Å². The van der Waals surface area contributed by atoms with Crippen molar-refractivity contribution in [1.82, 2.24) is 4.98 Å². The summed E-state index contributed by atoms with van der Waals surface area (Å²) < 4.78 is 26.6. The van der Waals surface area contributed by atoms with Crippen molar-refractivity contribution in [2.24, 2.45) is 5.73 Å². The lowest BCUT2D eigenvalue weighted by Gasteiger charge is -2.19. The first kappa shape index (κ1) is 13.3. The van der Waals surface area contributed by atoms with E-state index in [0.717, 1.165) is 0 Å². The fourth-order valence-corrected chi connectivity index (χ4v) is 2.93. The van der Waals surface area contributed by atoms with E-state index in [1.165, 1.54) is 24.4 Å². The lowest BCUT2D eigenvalue weighted by Crippen LogP contribution is -2.22. The van der Waals surface area contributed by atoms with Crippen molar-refractivity contribution < 1.29 is 28.3 Å². The molecule has 0 aliphatic rings. The van der Waals surface area contributed by atoms with Crippen LogP contribution in [0, 0.1) is 0 Å². The molecule has 0 fully saturated rings. The van der Waals surface area contributed by atoms with Crippen LogP contribution in [-0.4, -0.2) is 25.2 Å². The third kappa shape index (κ3) is 3.38. The van der Waals surface area contributed by atoms with Gasteiger partial charge in [0, 0.05) is 12.3 Å².